The second-order valence-electron chi connectivity index (χ2n) is 7.66. The highest BCUT2D eigenvalue weighted by Crippen LogP contribution is 2.40. The summed E-state index contributed by atoms with van der Waals surface area (Å²) in [6.07, 6.45) is 3.12. The maximum Gasteiger partial charge on any atom is 0.0670 e. The summed E-state index contributed by atoms with van der Waals surface area (Å²) in [4.78, 5) is 2.52. The molecule has 1 fully saturated rings. The highest BCUT2D eigenvalue weighted by atomic mass is 16.5. The first kappa shape index (κ1) is 16.9. The Labute approximate surface area is 119 Å². The molecule has 0 aromatic carbocycles. The van der Waals surface area contributed by atoms with Crippen molar-refractivity contribution in [2.75, 3.05) is 20.2 Å². The fourth-order valence-corrected chi connectivity index (χ4v) is 3.16. The average molecular weight is 270 g/mol. The van der Waals surface area contributed by atoms with Gasteiger partial charge in [-0.05, 0) is 45.6 Å². The largest absolute Gasteiger partial charge is 0.375 e. The van der Waals surface area contributed by atoms with Crippen LogP contribution in [0.1, 0.15) is 60.8 Å². The molecule has 0 aromatic heterocycles. The Kier molecular flexibility index (Phi) is 5.09. The number of nitrogens with zero attached hydrogens (tertiary/aromatic N) is 1. The lowest BCUT2D eigenvalue weighted by molar-refractivity contribution is -0.136. The Hall–Kier alpha value is -0.120. The van der Waals surface area contributed by atoms with Crippen molar-refractivity contribution in [1.29, 1.82) is 0 Å². The van der Waals surface area contributed by atoms with Gasteiger partial charge in [-0.15, -0.1) is 0 Å². The lowest BCUT2D eigenvalue weighted by atomic mass is 9.75. The minimum atomic E-state index is -0.0243. The van der Waals surface area contributed by atoms with E-state index in [-0.39, 0.29) is 16.6 Å². The van der Waals surface area contributed by atoms with Crippen LogP contribution in [0.5, 0.6) is 0 Å². The number of nitrogens with two attached hydrogens (primary N) is 1. The standard InChI is InChI=1S/C16H34N2O/c1-8-15(6)11-16(12-17,9-10-19-15)18(7)13(2)14(3,4)5/h13H,8-12,17H2,1-7H3. The smallest absolute Gasteiger partial charge is 0.0670 e. The van der Waals surface area contributed by atoms with Gasteiger partial charge in [0, 0.05) is 24.7 Å². The maximum atomic E-state index is 6.20. The molecule has 1 aliphatic heterocycles. The molecule has 0 aliphatic carbocycles. The molecule has 0 radical (unpaired) electrons. The van der Waals surface area contributed by atoms with Gasteiger partial charge >= 0.3 is 0 Å². The Bertz CT molecular complexity index is 300. The van der Waals surface area contributed by atoms with Crippen LogP contribution in [0.3, 0.4) is 0 Å². The summed E-state index contributed by atoms with van der Waals surface area (Å²) in [6.45, 7) is 15.2. The van der Waals surface area contributed by atoms with Crippen molar-refractivity contribution in [2.45, 2.75) is 78.0 Å². The van der Waals surface area contributed by atoms with Gasteiger partial charge in [-0.25, -0.2) is 0 Å². The number of hydrogen-bond donors (Lipinski definition) is 1. The van der Waals surface area contributed by atoms with Gasteiger partial charge in [0.1, 0.15) is 0 Å². The van der Waals surface area contributed by atoms with E-state index >= 15 is 0 Å². The highest BCUT2D eigenvalue weighted by Gasteiger charge is 2.46. The fraction of sp³-hybridized carbons (Fsp3) is 1.00. The topological polar surface area (TPSA) is 38.5 Å². The Morgan fingerprint density at radius 2 is 1.95 bits per heavy atom. The van der Waals surface area contributed by atoms with E-state index in [9.17, 15) is 0 Å². The fourth-order valence-electron chi connectivity index (χ4n) is 3.16. The third-order valence-corrected chi connectivity index (χ3v) is 5.43. The van der Waals surface area contributed by atoms with Crippen molar-refractivity contribution >= 4 is 0 Å². The van der Waals surface area contributed by atoms with E-state index in [4.69, 9.17) is 10.5 Å². The summed E-state index contributed by atoms with van der Waals surface area (Å²) in [5.41, 5.74) is 6.52. The summed E-state index contributed by atoms with van der Waals surface area (Å²) < 4.78 is 6.01. The zero-order valence-electron chi connectivity index (χ0n) is 14.0. The van der Waals surface area contributed by atoms with Gasteiger partial charge in [-0.3, -0.25) is 4.90 Å². The lowest BCUT2D eigenvalue weighted by Crippen LogP contribution is -2.63. The van der Waals surface area contributed by atoms with E-state index in [0.717, 1.165) is 25.9 Å². The molecule has 1 saturated heterocycles. The molecule has 3 atom stereocenters. The zero-order valence-corrected chi connectivity index (χ0v) is 14.0. The van der Waals surface area contributed by atoms with Crippen LogP contribution in [0.2, 0.25) is 0 Å². The molecule has 0 aromatic rings. The van der Waals surface area contributed by atoms with Crippen LogP contribution in [0.25, 0.3) is 0 Å². The van der Waals surface area contributed by atoms with Gasteiger partial charge in [0.25, 0.3) is 0 Å². The Morgan fingerprint density at radius 3 is 2.37 bits per heavy atom. The van der Waals surface area contributed by atoms with E-state index in [2.05, 4.69) is 53.5 Å². The van der Waals surface area contributed by atoms with E-state index < -0.39 is 0 Å². The van der Waals surface area contributed by atoms with Gasteiger partial charge in [-0.2, -0.15) is 0 Å². The molecule has 0 spiro atoms. The zero-order chi connectivity index (χ0) is 14.9. The number of rotatable bonds is 4. The van der Waals surface area contributed by atoms with Gasteiger partial charge < -0.3 is 10.5 Å². The number of likely N-dealkylation sites (N-methyl/N-ethyl adjacent to an activating group) is 1. The molecule has 0 bridgehead atoms. The number of ether oxygens (including phenoxy) is 1. The number of hydrogen-bond acceptors (Lipinski definition) is 3. The van der Waals surface area contributed by atoms with E-state index in [1.807, 2.05) is 0 Å². The summed E-state index contributed by atoms with van der Waals surface area (Å²) in [7, 11) is 2.24. The van der Waals surface area contributed by atoms with Crippen LogP contribution in [0, 0.1) is 5.41 Å². The van der Waals surface area contributed by atoms with Crippen molar-refractivity contribution in [2.24, 2.45) is 11.1 Å². The van der Waals surface area contributed by atoms with Crippen molar-refractivity contribution < 1.29 is 4.74 Å². The molecule has 3 unspecified atom stereocenters. The van der Waals surface area contributed by atoms with Gasteiger partial charge in [0.05, 0.1) is 5.60 Å². The van der Waals surface area contributed by atoms with Crippen molar-refractivity contribution in [3.8, 4) is 0 Å². The van der Waals surface area contributed by atoms with Crippen molar-refractivity contribution in [3.63, 3.8) is 0 Å². The molecule has 0 saturated carbocycles. The SMILES string of the molecule is CCC1(C)CC(CN)(N(C)C(C)C(C)(C)C)CCO1. The maximum absolute atomic E-state index is 6.20. The predicted octanol–water partition coefficient (Wildman–Crippen LogP) is 3.03. The molecular weight excluding hydrogens is 236 g/mol. The molecule has 1 heterocycles. The minimum Gasteiger partial charge on any atom is -0.375 e. The molecule has 3 heteroatoms. The van der Waals surface area contributed by atoms with Crippen molar-refractivity contribution in [1.82, 2.24) is 4.90 Å². The summed E-state index contributed by atoms with van der Waals surface area (Å²) in [5, 5.41) is 0. The second kappa shape index (κ2) is 5.71. The van der Waals surface area contributed by atoms with Crippen LogP contribution in [0.4, 0.5) is 0 Å². The van der Waals surface area contributed by atoms with Gasteiger partial charge in [0.2, 0.25) is 0 Å². The van der Waals surface area contributed by atoms with E-state index in [1.165, 1.54) is 0 Å². The van der Waals surface area contributed by atoms with Crippen LogP contribution < -0.4 is 5.73 Å². The predicted molar refractivity (Wildman–Crippen MR) is 82.3 cm³/mol. The highest BCUT2D eigenvalue weighted by molar-refractivity contribution is 5.02. The van der Waals surface area contributed by atoms with Crippen LogP contribution >= 0.6 is 0 Å². The van der Waals surface area contributed by atoms with Gasteiger partial charge in [0.15, 0.2) is 0 Å². The lowest BCUT2D eigenvalue weighted by Gasteiger charge is -2.54. The molecule has 1 rings (SSSR count). The monoisotopic (exact) mass is 270 g/mol. The summed E-state index contributed by atoms with van der Waals surface area (Å²) in [5.74, 6) is 0. The third kappa shape index (κ3) is 3.50. The average Bonchev–Trinajstić information content (AvgIpc) is 2.35. The van der Waals surface area contributed by atoms with Crippen LogP contribution in [0.15, 0.2) is 0 Å². The van der Waals surface area contributed by atoms with E-state index in [1.54, 1.807) is 0 Å². The molecular formula is C16H34N2O. The van der Waals surface area contributed by atoms with E-state index in [0.29, 0.717) is 12.6 Å². The third-order valence-electron chi connectivity index (χ3n) is 5.43. The first-order valence-corrected chi connectivity index (χ1v) is 7.67. The van der Waals surface area contributed by atoms with Crippen LogP contribution in [-0.4, -0.2) is 42.3 Å². The summed E-state index contributed by atoms with van der Waals surface area (Å²) >= 11 is 0. The molecule has 1 aliphatic rings. The normalized spacial score (nSPS) is 34.6. The molecule has 0 amide bonds. The molecule has 3 nitrogen and oxygen atoms in total. The quantitative estimate of drug-likeness (QED) is 0.853. The summed E-state index contributed by atoms with van der Waals surface area (Å²) in [6, 6.07) is 0.496. The molecule has 2 N–H and O–H groups in total. The van der Waals surface area contributed by atoms with Crippen LogP contribution in [-0.2, 0) is 4.74 Å². The first-order valence-electron chi connectivity index (χ1n) is 7.67. The van der Waals surface area contributed by atoms with Crippen molar-refractivity contribution in [3.05, 3.63) is 0 Å². The van der Waals surface area contributed by atoms with Gasteiger partial charge in [-0.1, -0.05) is 27.7 Å². The minimum absolute atomic E-state index is 0.0243. The first-order chi connectivity index (χ1) is 8.60. The molecule has 19 heavy (non-hydrogen) atoms. The Morgan fingerprint density at radius 1 is 1.37 bits per heavy atom. The molecule has 114 valence electrons. The second-order valence-corrected chi connectivity index (χ2v) is 7.66. The Balaban J connectivity index is 2.97.